The molecule has 3 heterocycles. The van der Waals surface area contributed by atoms with E-state index in [1.807, 2.05) is 0 Å². The highest BCUT2D eigenvalue weighted by Crippen LogP contribution is 2.87. The molecular formula is C41H69N3O7. The minimum atomic E-state index is -1.28. The van der Waals surface area contributed by atoms with Gasteiger partial charge in [-0.1, -0.05) is 27.7 Å². The van der Waals surface area contributed by atoms with Crippen LogP contribution in [0.25, 0.3) is 0 Å². The van der Waals surface area contributed by atoms with Crippen molar-refractivity contribution in [3.8, 4) is 0 Å². The molecule has 3 saturated heterocycles. The Morgan fingerprint density at radius 2 is 1.71 bits per heavy atom. The number of hydrogen-bond acceptors (Lipinski definition) is 10. The molecule has 2 spiro atoms. The first-order valence-corrected chi connectivity index (χ1v) is 20.6. The summed E-state index contributed by atoms with van der Waals surface area (Å²) in [7, 11) is 0. The maximum atomic E-state index is 12.5. The molecule has 0 bridgehead atoms. The number of fused-ring (bicyclic) bond motifs is 4. The molecule has 51 heavy (non-hydrogen) atoms. The van der Waals surface area contributed by atoms with Crippen molar-refractivity contribution >= 4 is 5.97 Å². The van der Waals surface area contributed by atoms with E-state index >= 15 is 0 Å². The Kier molecular flexibility index (Phi) is 8.78. The SMILES string of the molecule is CC(=O)OC(C1CC(C)C2C(O1)C(O)C1(N)C3CCC4C(C)(C)C(OC5CN(C6CN(C(C)C)C6)CCO5)CCC45CC35CCC21C)C(C)(C)O. The van der Waals surface area contributed by atoms with Gasteiger partial charge in [0.1, 0.15) is 0 Å². The average molecular weight is 716 g/mol. The molecule has 5 aliphatic carbocycles. The number of aliphatic hydroxyl groups excluding tert-OH is 1. The first-order valence-electron chi connectivity index (χ1n) is 20.6. The second kappa shape index (κ2) is 12.1. The number of rotatable bonds is 7. The van der Waals surface area contributed by atoms with Crippen LogP contribution >= 0.6 is 0 Å². The van der Waals surface area contributed by atoms with Gasteiger partial charge in [-0.2, -0.15) is 0 Å². The van der Waals surface area contributed by atoms with E-state index in [9.17, 15) is 15.0 Å². The summed E-state index contributed by atoms with van der Waals surface area (Å²) in [6, 6.07) is 1.21. The molecule has 10 heteroatoms. The van der Waals surface area contributed by atoms with Gasteiger partial charge in [0.2, 0.25) is 0 Å². The third-order valence-corrected chi connectivity index (χ3v) is 17.1. The van der Waals surface area contributed by atoms with Crippen LogP contribution in [0.4, 0.5) is 0 Å². The summed E-state index contributed by atoms with van der Waals surface area (Å²) < 4.78 is 25.8. The predicted molar refractivity (Wildman–Crippen MR) is 193 cm³/mol. The van der Waals surface area contributed by atoms with Crippen LogP contribution in [0.3, 0.4) is 0 Å². The van der Waals surface area contributed by atoms with Gasteiger partial charge in [-0.3, -0.25) is 14.6 Å². The van der Waals surface area contributed by atoms with Crippen LogP contribution in [0, 0.1) is 45.3 Å². The zero-order chi connectivity index (χ0) is 36.7. The Labute approximate surface area is 306 Å². The maximum Gasteiger partial charge on any atom is 0.303 e. The average Bonchev–Trinajstić information content (AvgIpc) is 3.64. The molecule has 0 aromatic heterocycles. The molecular weight excluding hydrogens is 646 g/mol. The highest BCUT2D eigenvalue weighted by atomic mass is 16.7. The van der Waals surface area contributed by atoms with Crippen LogP contribution in [0.15, 0.2) is 0 Å². The van der Waals surface area contributed by atoms with Crippen molar-refractivity contribution in [1.82, 2.24) is 9.80 Å². The van der Waals surface area contributed by atoms with Gasteiger partial charge < -0.3 is 34.9 Å². The molecule has 0 amide bonds. The number of nitrogens with two attached hydrogens (primary N) is 1. The van der Waals surface area contributed by atoms with Crippen molar-refractivity contribution in [1.29, 1.82) is 0 Å². The molecule has 8 rings (SSSR count). The fourth-order valence-electron chi connectivity index (χ4n) is 14.6. The van der Waals surface area contributed by atoms with Crippen LogP contribution in [0.5, 0.6) is 0 Å². The molecule has 5 saturated carbocycles. The lowest BCUT2D eigenvalue weighted by atomic mass is 9.43. The number of carbonyl (C=O) groups excluding carboxylic acids is 1. The highest BCUT2D eigenvalue weighted by Gasteiger charge is 2.85. The number of likely N-dealkylation sites (tertiary alicyclic amines) is 1. The van der Waals surface area contributed by atoms with Gasteiger partial charge in [-0.15, -0.1) is 0 Å². The number of carbonyl (C=O) groups is 1. The van der Waals surface area contributed by atoms with Gasteiger partial charge in [-0.05, 0) is 124 Å². The molecule has 0 aromatic rings. The van der Waals surface area contributed by atoms with E-state index in [0.29, 0.717) is 24.4 Å². The summed E-state index contributed by atoms with van der Waals surface area (Å²) in [5, 5.41) is 23.5. The molecule has 0 radical (unpaired) electrons. The van der Waals surface area contributed by atoms with Gasteiger partial charge in [0.15, 0.2) is 12.4 Å². The van der Waals surface area contributed by atoms with Crippen LogP contribution in [0.1, 0.15) is 114 Å². The summed E-state index contributed by atoms with van der Waals surface area (Å²) in [6.07, 6.45) is 5.71. The minimum absolute atomic E-state index is 0.0156. The van der Waals surface area contributed by atoms with Crippen molar-refractivity contribution in [3.63, 3.8) is 0 Å². The summed E-state index contributed by atoms with van der Waals surface area (Å²) in [5.74, 6) is 0.632. The number of esters is 1. The number of aliphatic hydroxyl groups is 2. The van der Waals surface area contributed by atoms with E-state index in [4.69, 9.17) is 24.7 Å². The number of morpholine rings is 1. The van der Waals surface area contributed by atoms with E-state index in [1.165, 1.54) is 13.3 Å². The van der Waals surface area contributed by atoms with Gasteiger partial charge in [0.25, 0.3) is 0 Å². The van der Waals surface area contributed by atoms with Crippen LogP contribution in [-0.2, 0) is 23.7 Å². The van der Waals surface area contributed by atoms with Gasteiger partial charge in [0, 0.05) is 45.2 Å². The van der Waals surface area contributed by atoms with Crippen LogP contribution < -0.4 is 5.73 Å². The molecule has 14 atom stereocenters. The zero-order valence-electron chi connectivity index (χ0n) is 33.0. The highest BCUT2D eigenvalue weighted by molar-refractivity contribution is 5.66. The Balaban J connectivity index is 0.993. The van der Waals surface area contributed by atoms with E-state index in [2.05, 4.69) is 51.3 Å². The summed E-state index contributed by atoms with van der Waals surface area (Å²) in [6.45, 7) is 23.7. The molecule has 4 N–H and O–H groups in total. The fraction of sp³-hybridized carbons (Fsp3) is 0.976. The van der Waals surface area contributed by atoms with Crippen LogP contribution in [-0.4, -0.2) is 119 Å². The molecule has 10 nitrogen and oxygen atoms in total. The Morgan fingerprint density at radius 1 is 1.02 bits per heavy atom. The van der Waals surface area contributed by atoms with Crippen LogP contribution in [0.2, 0.25) is 0 Å². The summed E-state index contributed by atoms with van der Waals surface area (Å²) in [5.41, 5.74) is 5.89. The van der Waals surface area contributed by atoms with Gasteiger partial charge in [-0.25, -0.2) is 0 Å². The molecule has 8 fully saturated rings. The number of nitrogens with zero attached hydrogens (tertiary/aromatic N) is 2. The Bertz CT molecular complexity index is 1360. The molecule has 14 unspecified atom stereocenters. The standard InChI is InChI=1S/C41H69N3O7/c1-23(2)44-19-26(20-44)43-16-17-48-31(21-43)51-30-12-13-39-22-40(39)15-14-38(9)32-24(3)18-27(35(37(7,8)47)49-25(4)45)50-33(32)34(46)41(38,42)29(40)11-10-28(39)36(30,5)6/h23-24,26-35,46-47H,10-22,42H2,1-9H3. The lowest BCUT2D eigenvalue weighted by molar-refractivity contribution is -0.251. The quantitative estimate of drug-likeness (QED) is 0.328. The fourth-order valence-corrected chi connectivity index (χ4v) is 14.6. The molecule has 8 aliphatic rings. The van der Waals surface area contributed by atoms with E-state index in [0.717, 1.165) is 71.3 Å². The Hall–Kier alpha value is -0.850. The van der Waals surface area contributed by atoms with Crippen molar-refractivity contribution in [3.05, 3.63) is 0 Å². The lowest BCUT2D eigenvalue weighted by Crippen LogP contribution is -2.70. The molecule has 3 aliphatic heterocycles. The Morgan fingerprint density at radius 3 is 2.37 bits per heavy atom. The normalized spacial score (nSPS) is 50.3. The summed E-state index contributed by atoms with van der Waals surface area (Å²) >= 11 is 0. The maximum absolute atomic E-state index is 12.5. The smallest absolute Gasteiger partial charge is 0.303 e. The molecule has 290 valence electrons. The number of ether oxygens (including phenoxy) is 4. The van der Waals surface area contributed by atoms with Gasteiger partial charge in [0.05, 0.1) is 42.2 Å². The topological polar surface area (TPSA) is 127 Å². The second-order valence-electron chi connectivity index (χ2n) is 20.5. The first kappa shape index (κ1) is 37.1. The second-order valence-corrected chi connectivity index (χ2v) is 20.5. The van der Waals surface area contributed by atoms with Gasteiger partial charge >= 0.3 is 5.97 Å². The monoisotopic (exact) mass is 716 g/mol. The van der Waals surface area contributed by atoms with E-state index in [1.54, 1.807) is 13.8 Å². The summed E-state index contributed by atoms with van der Waals surface area (Å²) in [4.78, 5) is 17.3. The largest absolute Gasteiger partial charge is 0.457 e. The van der Waals surface area contributed by atoms with Crippen molar-refractivity contribution in [2.75, 3.05) is 32.8 Å². The third kappa shape index (κ3) is 5.19. The van der Waals surface area contributed by atoms with Crippen molar-refractivity contribution < 1.29 is 34.0 Å². The van der Waals surface area contributed by atoms with E-state index < -0.39 is 41.5 Å². The lowest BCUT2D eigenvalue weighted by Gasteiger charge is -2.63. The van der Waals surface area contributed by atoms with Crippen molar-refractivity contribution in [2.24, 2.45) is 51.1 Å². The van der Waals surface area contributed by atoms with E-state index in [-0.39, 0.29) is 51.8 Å². The zero-order valence-corrected chi connectivity index (χ0v) is 33.0. The van der Waals surface area contributed by atoms with Crippen molar-refractivity contribution in [2.45, 2.75) is 174 Å². The predicted octanol–water partition coefficient (Wildman–Crippen LogP) is 4.33. The minimum Gasteiger partial charge on any atom is -0.457 e. The first-order chi connectivity index (χ1) is 23.8. The number of hydrogen-bond donors (Lipinski definition) is 3. The third-order valence-electron chi connectivity index (χ3n) is 17.1. The molecule has 0 aromatic carbocycles.